The Bertz CT molecular complexity index is 960. The van der Waals surface area contributed by atoms with Gasteiger partial charge in [-0.1, -0.05) is 43.6 Å². The lowest BCUT2D eigenvalue weighted by molar-refractivity contribution is -0.119. The molecule has 0 aliphatic carbocycles. The molecule has 27 heavy (non-hydrogen) atoms. The molecule has 0 saturated heterocycles. The summed E-state index contributed by atoms with van der Waals surface area (Å²) in [7, 11) is 0. The summed E-state index contributed by atoms with van der Waals surface area (Å²) in [6.45, 7) is 4.30. The molecule has 1 atom stereocenters. The number of fused-ring (bicyclic) bond motifs is 1. The molecule has 0 spiro atoms. The van der Waals surface area contributed by atoms with Crippen molar-refractivity contribution in [1.29, 1.82) is 0 Å². The molecule has 1 heterocycles. The number of benzene rings is 2. The maximum Gasteiger partial charge on any atom is 0.240 e. The number of nitrogens with zero attached hydrogens (tertiary/aromatic N) is 2. The summed E-state index contributed by atoms with van der Waals surface area (Å²) in [5, 5.41) is 7.96. The molecule has 0 saturated carbocycles. The summed E-state index contributed by atoms with van der Waals surface area (Å²) in [6, 6.07) is 14.6. The maximum atomic E-state index is 11.8. The van der Waals surface area contributed by atoms with Crippen molar-refractivity contribution < 1.29 is 4.79 Å². The molecule has 1 amide bonds. The number of amides is 1. The summed E-state index contributed by atoms with van der Waals surface area (Å²) in [6.07, 6.45) is 0. The van der Waals surface area contributed by atoms with Crippen molar-refractivity contribution >= 4 is 39.9 Å². The molecule has 4 N–H and O–H groups in total. The number of hydrogen-bond acceptors (Lipinski definition) is 5. The predicted molar refractivity (Wildman–Crippen MR) is 110 cm³/mol. The molecule has 3 rings (SSSR count). The summed E-state index contributed by atoms with van der Waals surface area (Å²) >= 11 is 6.02. The van der Waals surface area contributed by atoms with Crippen molar-refractivity contribution in [3.05, 3.63) is 59.4 Å². The average molecular weight is 384 g/mol. The molecule has 0 aliphatic rings. The lowest BCUT2D eigenvalue weighted by atomic mass is 10.0. The number of para-hydroxylation sites is 1. The Labute approximate surface area is 163 Å². The molecule has 2 aromatic carbocycles. The van der Waals surface area contributed by atoms with E-state index in [1.54, 1.807) is 0 Å². The van der Waals surface area contributed by atoms with Gasteiger partial charge in [0.2, 0.25) is 5.91 Å². The Hall–Kier alpha value is -2.86. The second-order valence-electron chi connectivity index (χ2n) is 6.64. The van der Waals surface area contributed by atoms with Gasteiger partial charge in [0, 0.05) is 16.1 Å². The Balaban J connectivity index is 1.91. The highest BCUT2D eigenvalue weighted by atomic mass is 35.5. The number of halogens is 1. The standard InChI is InChI=1S/C20H22ClN5O/c1-12(2)18(19(22)27)26-20-15-8-3-4-9-16(15)24-17(25-20)11-23-14-7-5-6-13(21)10-14/h3-10,12,18,23H,11H2,1-2H3,(H2,22,27)(H,24,25,26)/t18-/m0/s1. The lowest BCUT2D eigenvalue weighted by Gasteiger charge is -2.21. The predicted octanol–water partition coefficient (Wildman–Crippen LogP) is 3.82. The van der Waals surface area contributed by atoms with Crippen molar-refractivity contribution in [2.45, 2.75) is 26.4 Å². The Morgan fingerprint density at radius 1 is 1.15 bits per heavy atom. The van der Waals surface area contributed by atoms with Crippen LogP contribution in [0.1, 0.15) is 19.7 Å². The van der Waals surface area contributed by atoms with Crippen molar-refractivity contribution in [3.8, 4) is 0 Å². The van der Waals surface area contributed by atoms with Crippen LogP contribution in [0.2, 0.25) is 5.02 Å². The Morgan fingerprint density at radius 3 is 2.63 bits per heavy atom. The number of nitrogens with two attached hydrogens (primary N) is 1. The molecule has 1 aromatic heterocycles. The fourth-order valence-corrected chi connectivity index (χ4v) is 3.00. The third-order valence-corrected chi connectivity index (χ3v) is 4.43. The van der Waals surface area contributed by atoms with E-state index in [9.17, 15) is 4.79 Å². The van der Waals surface area contributed by atoms with E-state index in [-0.39, 0.29) is 5.92 Å². The minimum absolute atomic E-state index is 0.0317. The van der Waals surface area contributed by atoms with Gasteiger partial charge in [-0.25, -0.2) is 9.97 Å². The largest absolute Gasteiger partial charge is 0.378 e. The molecular formula is C20H22ClN5O. The third kappa shape index (κ3) is 4.65. The van der Waals surface area contributed by atoms with Crippen molar-refractivity contribution in [2.24, 2.45) is 11.7 Å². The maximum absolute atomic E-state index is 11.8. The fraction of sp³-hybridized carbons (Fsp3) is 0.250. The van der Waals surface area contributed by atoms with E-state index in [4.69, 9.17) is 17.3 Å². The van der Waals surface area contributed by atoms with Crippen molar-refractivity contribution in [2.75, 3.05) is 10.6 Å². The number of rotatable bonds is 7. The smallest absolute Gasteiger partial charge is 0.240 e. The molecule has 140 valence electrons. The zero-order valence-corrected chi connectivity index (χ0v) is 16.0. The van der Waals surface area contributed by atoms with Crippen molar-refractivity contribution in [1.82, 2.24) is 9.97 Å². The Kier molecular flexibility index (Phi) is 5.76. The first kappa shape index (κ1) is 18.9. The third-order valence-electron chi connectivity index (χ3n) is 4.19. The highest BCUT2D eigenvalue weighted by Crippen LogP contribution is 2.23. The van der Waals surface area contributed by atoms with Crippen LogP contribution < -0.4 is 16.4 Å². The minimum Gasteiger partial charge on any atom is -0.378 e. The molecule has 0 unspecified atom stereocenters. The number of hydrogen-bond donors (Lipinski definition) is 3. The molecule has 0 fully saturated rings. The van der Waals surface area contributed by atoms with Crippen LogP contribution >= 0.6 is 11.6 Å². The van der Waals surface area contributed by atoms with Crippen LogP contribution in [0.25, 0.3) is 10.9 Å². The van der Waals surface area contributed by atoms with Crippen LogP contribution in [-0.2, 0) is 11.3 Å². The number of carbonyl (C=O) groups is 1. The van der Waals surface area contributed by atoms with Crippen LogP contribution in [0.5, 0.6) is 0 Å². The van der Waals surface area contributed by atoms with Gasteiger partial charge in [0.25, 0.3) is 0 Å². The molecule has 7 heteroatoms. The highest BCUT2D eigenvalue weighted by Gasteiger charge is 2.21. The topological polar surface area (TPSA) is 92.9 Å². The van der Waals surface area contributed by atoms with Gasteiger partial charge in [-0.15, -0.1) is 0 Å². The van der Waals surface area contributed by atoms with Gasteiger partial charge >= 0.3 is 0 Å². The summed E-state index contributed by atoms with van der Waals surface area (Å²) in [5.41, 5.74) is 7.22. The summed E-state index contributed by atoms with van der Waals surface area (Å²) in [4.78, 5) is 21.0. The van der Waals surface area contributed by atoms with Gasteiger partial charge in [0.05, 0.1) is 12.1 Å². The number of carbonyl (C=O) groups excluding carboxylic acids is 1. The van der Waals surface area contributed by atoms with Gasteiger partial charge < -0.3 is 16.4 Å². The molecule has 3 aromatic rings. The SMILES string of the molecule is CC(C)[C@H](Nc1nc(CNc2cccc(Cl)c2)nc2ccccc12)C(N)=O. The summed E-state index contributed by atoms with van der Waals surface area (Å²) < 4.78 is 0. The molecule has 0 radical (unpaired) electrons. The number of nitrogens with one attached hydrogen (secondary N) is 2. The van der Waals surface area contributed by atoms with Crippen LogP contribution in [0.3, 0.4) is 0 Å². The fourth-order valence-electron chi connectivity index (χ4n) is 2.81. The molecule has 0 aliphatic heterocycles. The van der Waals surface area contributed by atoms with E-state index in [2.05, 4.69) is 20.6 Å². The monoisotopic (exact) mass is 383 g/mol. The van der Waals surface area contributed by atoms with Crippen LogP contribution in [-0.4, -0.2) is 21.9 Å². The van der Waals surface area contributed by atoms with Gasteiger partial charge in [-0.2, -0.15) is 0 Å². The van der Waals surface area contributed by atoms with Crippen molar-refractivity contribution in [3.63, 3.8) is 0 Å². The quantitative estimate of drug-likeness (QED) is 0.576. The van der Waals surface area contributed by atoms with Gasteiger partial charge in [0.15, 0.2) is 0 Å². The van der Waals surface area contributed by atoms with Gasteiger partial charge in [-0.3, -0.25) is 4.79 Å². The lowest BCUT2D eigenvalue weighted by Crippen LogP contribution is -2.39. The van der Waals surface area contributed by atoms with E-state index < -0.39 is 11.9 Å². The van der Waals surface area contributed by atoms with E-state index in [1.807, 2.05) is 62.4 Å². The zero-order chi connectivity index (χ0) is 19.4. The second kappa shape index (κ2) is 8.22. The average Bonchev–Trinajstić information content (AvgIpc) is 2.63. The van der Waals surface area contributed by atoms with Gasteiger partial charge in [0.1, 0.15) is 17.7 Å². The number of aromatic nitrogens is 2. The zero-order valence-electron chi connectivity index (χ0n) is 15.2. The van der Waals surface area contributed by atoms with E-state index >= 15 is 0 Å². The second-order valence-corrected chi connectivity index (χ2v) is 7.07. The van der Waals surface area contributed by atoms with E-state index in [1.165, 1.54) is 0 Å². The molecule has 6 nitrogen and oxygen atoms in total. The Morgan fingerprint density at radius 2 is 1.93 bits per heavy atom. The number of anilines is 2. The summed E-state index contributed by atoms with van der Waals surface area (Å²) in [5.74, 6) is 0.819. The number of primary amides is 1. The molecule has 0 bridgehead atoms. The first-order chi connectivity index (χ1) is 12.9. The van der Waals surface area contributed by atoms with Crippen LogP contribution in [0.15, 0.2) is 48.5 Å². The molecular weight excluding hydrogens is 362 g/mol. The minimum atomic E-state index is -0.517. The van der Waals surface area contributed by atoms with Crippen LogP contribution in [0.4, 0.5) is 11.5 Å². The highest BCUT2D eigenvalue weighted by molar-refractivity contribution is 6.30. The van der Waals surface area contributed by atoms with Gasteiger partial charge in [-0.05, 0) is 36.2 Å². The van der Waals surface area contributed by atoms with E-state index in [0.29, 0.717) is 23.2 Å². The normalized spacial score (nSPS) is 12.1. The first-order valence-electron chi connectivity index (χ1n) is 8.75. The van der Waals surface area contributed by atoms with Crippen LogP contribution in [0, 0.1) is 5.92 Å². The first-order valence-corrected chi connectivity index (χ1v) is 9.13. The van der Waals surface area contributed by atoms with E-state index in [0.717, 1.165) is 16.6 Å².